The predicted octanol–water partition coefficient (Wildman–Crippen LogP) is 0.737. The van der Waals surface area contributed by atoms with Crippen molar-refractivity contribution < 1.29 is 14.3 Å². The Morgan fingerprint density at radius 2 is 1.95 bits per heavy atom. The Hall–Kier alpha value is -1.79. The standard InChI is InChI=1S/C16H21N3O3/c1-18-14-6-10(19-7-11-3-4-12(8-19)22-11)2-5-15(14)21-9-13(17)16(18)20/h2,5-6,11-13H,3-4,7-9,17H2,1H3/t11?,12?,13-/m0/s1. The van der Waals surface area contributed by atoms with Gasteiger partial charge >= 0.3 is 0 Å². The number of amides is 1. The molecular formula is C16H21N3O3. The van der Waals surface area contributed by atoms with Crippen LogP contribution >= 0.6 is 0 Å². The maximum atomic E-state index is 12.2. The summed E-state index contributed by atoms with van der Waals surface area (Å²) in [6, 6.07) is 5.40. The van der Waals surface area contributed by atoms with Crippen molar-refractivity contribution in [3.05, 3.63) is 18.2 Å². The molecule has 3 aliphatic heterocycles. The molecule has 1 aromatic rings. The van der Waals surface area contributed by atoms with E-state index in [4.69, 9.17) is 15.2 Å². The third-order valence-corrected chi connectivity index (χ3v) is 4.78. The van der Waals surface area contributed by atoms with Gasteiger partial charge in [-0.05, 0) is 31.0 Å². The molecule has 0 spiro atoms. The van der Waals surface area contributed by atoms with Crippen molar-refractivity contribution in [3.63, 3.8) is 0 Å². The number of hydrogen-bond acceptors (Lipinski definition) is 5. The molecule has 6 heteroatoms. The first-order valence-electron chi connectivity index (χ1n) is 7.82. The number of nitrogens with zero attached hydrogens (tertiary/aromatic N) is 2. The van der Waals surface area contributed by atoms with Crippen molar-refractivity contribution in [2.75, 3.05) is 36.5 Å². The Labute approximate surface area is 129 Å². The van der Waals surface area contributed by atoms with Gasteiger partial charge in [0.2, 0.25) is 5.91 Å². The number of hydrogen-bond donors (Lipinski definition) is 1. The van der Waals surface area contributed by atoms with Crippen LogP contribution in [-0.2, 0) is 9.53 Å². The van der Waals surface area contributed by atoms with Gasteiger partial charge in [0.1, 0.15) is 18.4 Å². The van der Waals surface area contributed by atoms with Crippen molar-refractivity contribution >= 4 is 17.3 Å². The van der Waals surface area contributed by atoms with Crippen LogP contribution in [0.5, 0.6) is 5.75 Å². The number of benzene rings is 1. The SMILES string of the molecule is CN1C(=O)[C@@H](N)COc2ccc(N3CC4CCC(C3)O4)cc21. The molecule has 1 aromatic carbocycles. The Morgan fingerprint density at radius 1 is 1.23 bits per heavy atom. The first-order chi connectivity index (χ1) is 10.6. The molecule has 2 saturated heterocycles. The molecule has 4 rings (SSSR count). The number of ether oxygens (including phenoxy) is 2. The quantitative estimate of drug-likeness (QED) is 0.828. The molecule has 0 aromatic heterocycles. The fourth-order valence-corrected chi connectivity index (χ4v) is 3.53. The highest BCUT2D eigenvalue weighted by atomic mass is 16.5. The number of fused-ring (bicyclic) bond motifs is 3. The average molecular weight is 303 g/mol. The van der Waals surface area contributed by atoms with E-state index in [2.05, 4.69) is 11.0 Å². The van der Waals surface area contributed by atoms with Crippen LogP contribution in [0.2, 0.25) is 0 Å². The first kappa shape index (κ1) is 13.8. The first-order valence-corrected chi connectivity index (χ1v) is 7.82. The minimum atomic E-state index is -0.611. The largest absolute Gasteiger partial charge is 0.489 e. The normalized spacial score (nSPS) is 30.8. The number of nitrogens with two attached hydrogens (primary N) is 1. The fraction of sp³-hybridized carbons (Fsp3) is 0.562. The van der Waals surface area contributed by atoms with Crippen LogP contribution in [0.25, 0.3) is 0 Å². The zero-order valence-corrected chi connectivity index (χ0v) is 12.7. The van der Waals surface area contributed by atoms with Crippen LogP contribution in [0.15, 0.2) is 18.2 Å². The summed E-state index contributed by atoms with van der Waals surface area (Å²) in [6.45, 7) is 2.04. The second-order valence-corrected chi connectivity index (χ2v) is 6.33. The van der Waals surface area contributed by atoms with Gasteiger partial charge in [-0.2, -0.15) is 0 Å². The third-order valence-electron chi connectivity index (χ3n) is 4.78. The lowest BCUT2D eigenvalue weighted by molar-refractivity contribution is -0.119. The molecule has 1 amide bonds. The highest BCUT2D eigenvalue weighted by molar-refractivity contribution is 5.99. The molecule has 0 radical (unpaired) electrons. The summed E-state index contributed by atoms with van der Waals surface area (Å²) in [5.41, 5.74) is 7.73. The van der Waals surface area contributed by atoms with Crippen molar-refractivity contribution in [3.8, 4) is 5.75 Å². The van der Waals surface area contributed by atoms with E-state index in [1.807, 2.05) is 12.1 Å². The molecule has 118 valence electrons. The Morgan fingerprint density at radius 3 is 2.68 bits per heavy atom. The lowest BCUT2D eigenvalue weighted by Crippen LogP contribution is -2.43. The number of anilines is 2. The molecule has 2 unspecified atom stereocenters. The average Bonchev–Trinajstić information content (AvgIpc) is 2.84. The summed E-state index contributed by atoms with van der Waals surface area (Å²) in [7, 11) is 1.75. The maximum absolute atomic E-state index is 12.2. The van der Waals surface area contributed by atoms with E-state index >= 15 is 0 Å². The molecule has 22 heavy (non-hydrogen) atoms. The molecule has 3 atom stereocenters. The second-order valence-electron chi connectivity index (χ2n) is 6.33. The van der Waals surface area contributed by atoms with Gasteiger partial charge in [0.15, 0.2) is 0 Å². The van der Waals surface area contributed by atoms with Gasteiger partial charge in [-0.15, -0.1) is 0 Å². The van der Waals surface area contributed by atoms with E-state index in [0.717, 1.165) is 37.3 Å². The van der Waals surface area contributed by atoms with Crippen LogP contribution < -0.4 is 20.3 Å². The number of rotatable bonds is 1. The summed E-state index contributed by atoms with van der Waals surface area (Å²) in [5.74, 6) is 0.599. The zero-order valence-electron chi connectivity index (χ0n) is 12.7. The number of carbonyl (C=O) groups is 1. The lowest BCUT2D eigenvalue weighted by atomic mass is 10.2. The minimum Gasteiger partial charge on any atom is -0.489 e. The fourth-order valence-electron chi connectivity index (χ4n) is 3.53. The Kier molecular flexibility index (Phi) is 3.23. The van der Waals surface area contributed by atoms with Crippen LogP contribution in [0.4, 0.5) is 11.4 Å². The van der Waals surface area contributed by atoms with Crippen LogP contribution in [0.1, 0.15) is 12.8 Å². The highest BCUT2D eigenvalue weighted by Gasteiger charge is 2.34. The predicted molar refractivity (Wildman–Crippen MR) is 83.4 cm³/mol. The molecule has 3 heterocycles. The molecule has 2 N–H and O–H groups in total. The maximum Gasteiger partial charge on any atom is 0.247 e. The van der Waals surface area contributed by atoms with Gasteiger partial charge in [0.25, 0.3) is 0 Å². The van der Waals surface area contributed by atoms with Crippen LogP contribution in [0, 0.1) is 0 Å². The second kappa shape index (κ2) is 5.14. The van der Waals surface area contributed by atoms with E-state index in [1.54, 1.807) is 11.9 Å². The molecule has 6 nitrogen and oxygen atoms in total. The number of morpholine rings is 1. The summed E-state index contributed by atoms with van der Waals surface area (Å²) < 4.78 is 11.6. The molecule has 3 aliphatic rings. The van der Waals surface area contributed by atoms with Crippen molar-refractivity contribution in [1.82, 2.24) is 0 Å². The van der Waals surface area contributed by atoms with Crippen LogP contribution in [0.3, 0.4) is 0 Å². The zero-order chi connectivity index (χ0) is 15.3. The van der Waals surface area contributed by atoms with E-state index in [1.165, 1.54) is 0 Å². The van der Waals surface area contributed by atoms with Crippen molar-refractivity contribution in [2.45, 2.75) is 31.1 Å². The topological polar surface area (TPSA) is 68.0 Å². The van der Waals surface area contributed by atoms with Crippen molar-refractivity contribution in [2.24, 2.45) is 5.73 Å². The van der Waals surface area contributed by atoms with E-state index in [-0.39, 0.29) is 12.5 Å². The van der Waals surface area contributed by atoms with Gasteiger partial charge < -0.3 is 25.0 Å². The molecule has 2 bridgehead atoms. The van der Waals surface area contributed by atoms with Gasteiger partial charge in [-0.1, -0.05) is 0 Å². The van der Waals surface area contributed by atoms with Gasteiger partial charge in [0, 0.05) is 25.8 Å². The third kappa shape index (κ3) is 2.23. The minimum absolute atomic E-state index is 0.113. The summed E-state index contributed by atoms with van der Waals surface area (Å²) >= 11 is 0. The smallest absolute Gasteiger partial charge is 0.247 e. The van der Waals surface area contributed by atoms with Gasteiger partial charge in [0.05, 0.1) is 17.9 Å². The monoisotopic (exact) mass is 303 g/mol. The van der Waals surface area contributed by atoms with Crippen molar-refractivity contribution in [1.29, 1.82) is 0 Å². The summed E-state index contributed by atoms with van der Waals surface area (Å²) in [6.07, 6.45) is 2.95. The highest BCUT2D eigenvalue weighted by Crippen LogP contribution is 2.36. The van der Waals surface area contributed by atoms with Gasteiger partial charge in [-0.3, -0.25) is 4.79 Å². The van der Waals surface area contributed by atoms with E-state index in [9.17, 15) is 4.79 Å². The van der Waals surface area contributed by atoms with Crippen LogP contribution in [-0.4, -0.2) is 50.9 Å². The van der Waals surface area contributed by atoms with Gasteiger partial charge in [-0.25, -0.2) is 0 Å². The molecule has 2 fully saturated rings. The lowest BCUT2D eigenvalue weighted by Gasteiger charge is -2.34. The molecular weight excluding hydrogens is 282 g/mol. The number of carbonyl (C=O) groups excluding carboxylic acids is 1. The molecule has 0 aliphatic carbocycles. The molecule has 0 saturated carbocycles. The summed E-state index contributed by atoms with van der Waals surface area (Å²) in [4.78, 5) is 16.1. The summed E-state index contributed by atoms with van der Waals surface area (Å²) in [5, 5.41) is 0. The van der Waals surface area contributed by atoms with E-state index < -0.39 is 6.04 Å². The number of likely N-dealkylation sites (N-methyl/N-ethyl adjacent to an activating group) is 1. The van der Waals surface area contributed by atoms with E-state index in [0.29, 0.717) is 18.0 Å². The Bertz CT molecular complexity index is 594. The Balaban J connectivity index is 1.65.